The minimum atomic E-state index is -0.150. The van der Waals surface area contributed by atoms with Crippen molar-refractivity contribution in [3.63, 3.8) is 0 Å². The fourth-order valence-electron chi connectivity index (χ4n) is 8.16. The standard InChI is InChI=1S/C43H37N3/c1-42(2)32-15-8-10-19-37(32)46-38-26-25-30(27-35(38)43(3,4)34-17-12-16-33(42)40(34)46)28-21-23-29(24-22-28)41-44-36-18-9-11-20-39(36)45(41)31-13-6-5-7-14-31/h5-6,8-13,15-27H,7,14H2,1-4H3. The van der Waals surface area contributed by atoms with Crippen LogP contribution in [-0.2, 0) is 10.8 Å². The molecule has 0 amide bonds. The van der Waals surface area contributed by atoms with Crippen LogP contribution in [0.5, 0.6) is 0 Å². The number of rotatable bonds is 3. The summed E-state index contributed by atoms with van der Waals surface area (Å²) < 4.78 is 2.35. The lowest BCUT2D eigenvalue weighted by atomic mass is 9.66. The highest BCUT2D eigenvalue weighted by atomic mass is 15.2. The number of fused-ring (bicyclic) bond motifs is 5. The van der Waals surface area contributed by atoms with Crippen molar-refractivity contribution in [2.24, 2.45) is 0 Å². The van der Waals surface area contributed by atoms with Crippen molar-refractivity contribution < 1.29 is 0 Å². The zero-order chi connectivity index (χ0) is 31.2. The number of allylic oxidation sites excluding steroid dienone is 4. The minimum absolute atomic E-state index is 0.0709. The Morgan fingerprint density at radius 1 is 0.609 bits per heavy atom. The first kappa shape index (κ1) is 27.2. The van der Waals surface area contributed by atoms with Gasteiger partial charge in [0, 0.05) is 22.1 Å². The van der Waals surface area contributed by atoms with E-state index in [1.54, 1.807) is 0 Å². The van der Waals surface area contributed by atoms with Crippen molar-refractivity contribution in [3.05, 3.63) is 150 Å². The van der Waals surface area contributed by atoms with Crippen LogP contribution in [0.15, 0.2) is 127 Å². The lowest BCUT2D eigenvalue weighted by molar-refractivity contribution is 0.597. The molecule has 9 rings (SSSR count). The van der Waals surface area contributed by atoms with Gasteiger partial charge in [0.2, 0.25) is 0 Å². The van der Waals surface area contributed by atoms with Gasteiger partial charge in [0.1, 0.15) is 5.82 Å². The SMILES string of the molecule is CC1(C)c2ccccc2N2c3ccc(-c4ccc(-c5nc6ccccc6n5C5=CC=CCC5)cc4)cc3C(C)(C)c3cccc1c32. The van der Waals surface area contributed by atoms with E-state index in [2.05, 4.69) is 165 Å². The third kappa shape index (κ3) is 3.75. The quantitative estimate of drug-likeness (QED) is 0.203. The first-order chi connectivity index (χ1) is 22.3. The van der Waals surface area contributed by atoms with Gasteiger partial charge in [-0.2, -0.15) is 0 Å². The second-order valence-electron chi connectivity index (χ2n) is 14.0. The van der Waals surface area contributed by atoms with E-state index in [0.29, 0.717) is 0 Å². The number of anilines is 3. The molecule has 3 nitrogen and oxygen atoms in total. The summed E-state index contributed by atoms with van der Waals surface area (Å²) in [5, 5.41) is 0. The van der Waals surface area contributed by atoms with Crippen molar-refractivity contribution >= 4 is 33.8 Å². The van der Waals surface area contributed by atoms with E-state index >= 15 is 0 Å². The maximum Gasteiger partial charge on any atom is 0.145 e. The Morgan fingerprint density at radius 2 is 1.26 bits per heavy atom. The zero-order valence-corrected chi connectivity index (χ0v) is 26.9. The summed E-state index contributed by atoms with van der Waals surface area (Å²) in [5.74, 6) is 1.000. The Labute approximate surface area is 271 Å². The summed E-state index contributed by atoms with van der Waals surface area (Å²) in [5.41, 5.74) is 16.3. The van der Waals surface area contributed by atoms with Crippen LogP contribution in [0.4, 0.5) is 17.1 Å². The van der Waals surface area contributed by atoms with Crippen LogP contribution in [0.1, 0.15) is 62.8 Å². The van der Waals surface area contributed by atoms with Crippen molar-refractivity contribution in [2.75, 3.05) is 4.90 Å². The van der Waals surface area contributed by atoms with Crippen LogP contribution in [0.3, 0.4) is 0 Å². The first-order valence-electron chi connectivity index (χ1n) is 16.5. The second-order valence-corrected chi connectivity index (χ2v) is 14.0. The van der Waals surface area contributed by atoms with Crippen molar-refractivity contribution in [1.82, 2.24) is 9.55 Å². The van der Waals surface area contributed by atoms with Gasteiger partial charge in [0.25, 0.3) is 0 Å². The van der Waals surface area contributed by atoms with E-state index in [4.69, 9.17) is 4.98 Å². The van der Waals surface area contributed by atoms with Gasteiger partial charge in [0.05, 0.1) is 28.1 Å². The molecule has 0 atom stereocenters. The van der Waals surface area contributed by atoms with E-state index in [-0.39, 0.29) is 10.8 Å². The van der Waals surface area contributed by atoms with Gasteiger partial charge < -0.3 is 4.90 Å². The lowest BCUT2D eigenvalue weighted by Gasteiger charge is -2.49. The van der Waals surface area contributed by atoms with Crippen molar-refractivity contribution in [3.8, 4) is 22.5 Å². The average Bonchev–Trinajstić information content (AvgIpc) is 3.48. The molecule has 1 aliphatic carbocycles. The second kappa shape index (κ2) is 9.67. The normalized spacial score (nSPS) is 16.9. The van der Waals surface area contributed by atoms with Crippen LogP contribution in [0.25, 0.3) is 39.2 Å². The zero-order valence-electron chi connectivity index (χ0n) is 26.9. The molecule has 0 N–H and O–H groups in total. The monoisotopic (exact) mass is 595 g/mol. The summed E-state index contributed by atoms with van der Waals surface area (Å²) in [6, 6.07) is 40.4. The first-order valence-corrected chi connectivity index (χ1v) is 16.5. The summed E-state index contributed by atoms with van der Waals surface area (Å²) in [6.45, 7) is 9.51. The van der Waals surface area contributed by atoms with Gasteiger partial charge in [-0.05, 0) is 82.6 Å². The molecule has 5 aromatic carbocycles. The van der Waals surface area contributed by atoms with Gasteiger partial charge in [-0.15, -0.1) is 0 Å². The topological polar surface area (TPSA) is 21.1 Å². The molecule has 0 spiro atoms. The average molecular weight is 596 g/mol. The highest BCUT2D eigenvalue weighted by Crippen LogP contribution is 2.60. The summed E-state index contributed by atoms with van der Waals surface area (Å²) >= 11 is 0. The van der Waals surface area contributed by atoms with Crippen LogP contribution in [-0.4, -0.2) is 9.55 Å². The fraction of sp³-hybridized carbons (Fsp3) is 0.186. The molecule has 6 aromatic rings. The third-order valence-electron chi connectivity index (χ3n) is 10.7. The molecule has 3 heterocycles. The Kier molecular flexibility index (Phi) is 5.72. The Balaban J connectivity index is 1.16. The number of hydrogen-bond acceptors (Lipinski definition) is 2. The summed E-state index contributed by atoms with van der Waals surface area (Å²) in [4.78, 5) is 7.64. The number of imidazole rings is 1. The van der Waals surface area contributed by atoms with Crippen molar-refractivity contribution in [1.29, 1.82) is 0 Å². The Morgan fingerprint density at radius 3 is 2.04 bits per heavy atom. The van der Waals surface area contributed by atoms with Crippen LogP contribution < -0.4 is 4.90 Å². The number of aromatic nitrogens is 2. The molecule has 0 saturated heterocycles. The van der Waals surface area contributed by atoms with E-state index in [0.717, 1.165) is 35.3 Å². The Hall–Kier alpha value is -5.15. The fourth-order valence-corrected chi connectivity index (χ4v) is 8.16. The number of para-hydroxylation sites is 4. The van der Waals surface area contributed by atoms with Gasteiger partial charge in [-0.25, -0.2) is 4.98 Å². The smallest absolute Gasteiger partial charge is 0.145 e. The van der Waals surface area contributed by atoms with Crippen LogP contribution >= 0.6 is 0 Å². The number of nitrogens with zero attached hydrogens (tertiary/aromatic N) is 3. The Bertz CT molecular complexity index is 2260. The largest absolute Gasteiger partial charge is 0.309 e. The van der Waals surface area contributed by atoms with E-state index in [1.807, 2.05) is 0 Å². The molecule has 2 aliphatic heterocycles. The number of benzene rings is 5. The predicted molar refractivity (Wildman–Crippen MR) is 192 cm³/mol. The molecule has 224 valence electrons. The minimum Gasteiger partial charge on any atom is -0.309 e. The predicted octanol–water partition coefficient (Wildman–Crippen LogP) is 11.3. The van der Waals surface area contributed by atoms with E-state index < -0.39 is 0 Å². The van der Waals surface area contributed by atoms with Crippen LogP contribution in [0.2, 0.25) is 0 Å². The van der Waals surface area contributed by atoms with Gasteiger partial charge in [-0.3, -0.25) is 4.57 Å². The molecule has 3 aliphatic rings. The molecule has 0 fully saturated rings. The molecule has 0 bridgehead atoms. The molecule has 0 unspecified atom stereocenters. The highest BCUT2D eigenvalue weighted by molar-refractivity contribution is 5.93. The number of hydrogen-bond donors (Lipinski definition) is 0. The summed E-state index contributed by atoms with van der Waals surface area (Å²) in [6.07, 6.45) is 8.70. The molecular weight excluding hydrogens is 558 g/mol. The van der Waals surface area contributed by atoms with E-state index in [1.165, 1.54) is 56.1 Å². The van der Waals surface area contributed by atoms with Gasteiger partial charge >= 0.3 is 0 Å². The molecule has 0 saturated carbocycles. The van der Waals surface area contributed by atoms with Gasteiger partial charge in [-0.1, -0.05) is 119 Å². The van der Waals surface area contributed by atoms with Crippen LogP contribution in [0, 0.1) is 0 Å². The molecule has 1 aromatic heterocycles. The van der Waals surface area contributed by atoms with E-state index in [9.17, 15) is 0 Å². The van der Waals surface area contributed by atoms with Crippen molar-refractivity contribution in [2.45, 2.75) is 51.4 Å². The summed E-state index contributed by atoms with van der Waals surface area (Å²) in [7, 11) is 0. The molecular formula is C43H37N3. The lowest BCUT2D eigenvalue weighted by Crippen LogP contribution is -2.38. The maximum atomic E-state index is 5.11. The molecule has 46 heavy (non-hydrogen) atoms. The molecule has 0 radical (unpaired) electrons. The van der Waals surface area contributed by atoms with Gasteiger partial charge in [0.15, 0.2) is 0 Å². The maximum absolute atomic E-state index is 5.11. The molecule has 3 heteroatoms. The third-order valence-corrected chi connectivity index (χ3v) is 10.7. The highest BCUT2D eigenvalue weighted by Gasteiger charge is 2.45.